The number of nitrogens with zero attached hydrogens (tertiary/aromatic N) is 1. The van der Waals surface area contributed by atoms with Crippen molar-refractivity contribution in [3.8, 4) is 11.5 Å². The van der Waals surface area contributed by atoms with E-state index in [1.807, 2.05) is 64.1 Å². The third-order valence-electron chi connectivity index (χ3n) is 4.23. The molecule has 0 saturated heterocycles. The molecule has 0 aromatic heterocycles. The summed E-state index contributed by atoms with van der Waals surface area (Å²) in [6, 6.07) is 11.3. The number of aliphatic imine (C=N–C) groups is 1. The normalized spacial score (nSPS) is 15.1. The van der Waals surface area contributed by atoms with Gasteiger partial charge in [0.2, 0.25) is 5.90 Å². The lowest BCUT2D eigenvalue weighted by atomic mass is 10.1. The van der Waals surface area contributed by atoms with Crippen molar-refractivity contribution < 1.29 is 19.0 Å². The van der Waals surface area contributed by atoms with Gasteiger partial charge in [0.25, 0.3) is 0 Å². The van der Waals surface area contributed by atoms with E-state index in [2.05, 4.69) is 4.99 Å². The first-order valence-corrected chi connectivity index (χ1v) is 8.82. The molecule has 0 unspecified atom stereocenters. The van der Waals surface area contributed by atoms with Crippen LogP contribution >= 0.6 is 0 Å². The van der Waals surface area contributed by atoms with E-state index >= 15 is 0 Å². The van der Waals surface area contributed by atoms with Crippen LogP contribution in [0.1, 0.15) is 36.1 Å². The fourth-order valence-corrected chi connectivity index (χ4v) is 2.69. The number of carbonyl (C=O) groups is 1. The number of rotatable bonds is 5. The number of carbonyl (C=O) groups excluding carboxylic acids is 1. The van der Waals surface area contributed by atoms with Crippen molar-refractivity contribution in [1.29, 1.82) is 0 Å². The highest BCUT2D eigenvalue weighted by Gasteiger charge is 2.24. The molecule has 0 bridgehead atoms. The Morgan fingerprint density at radius 1 is 1.04 bits per heavy atom. The third kappa shape index (κ3) is 4.19. The van der Waals surface area contributed by atoms with Crippen LogP contribution in [0.3, 0.4) is 0 Å². The van der Waals surface area contributed by atoms with Crippen LogP contribution in [0.2, 0.25) is 0 Å². The van der Waals surface area contributed by atoms with Gasteiger partial charge in [-0.2, -0.15) is 0 Å². The topological polar surface area (TPSA) is 57.1 Å². The smallest absolute Gasteiger partial charge is 0.363 e. The van der Waals surface area contributed by atoms with Gasteiger partial charge < -0.3 is 14.2 Å². The number of methoxy groups -OCH3 is 1. The number of hydrogen-bond acceptors (Lipinski definition) is 5. The number of ether oxygens (including phenoxy) is 3. The van der Waals surface area contributed by atoms with E-state index in [0.29, 0.717) is 17.4 Å². The Labute approximate surface area is 159 Å². The summed E-state index contributed by atoms with van der Waals surface area (Å²) in [4.78, 5) is 16.6. The maximum atomic E-state index is 12.2. The Kier molecular flexibility index (Phi) is 5.31. The van der Waals surface area contributed by atoms with Crippen molar-refractivity contribution in [3.63, 3.8) is 0 Å². The standard InChI is InChI=1S/C22H23NO4/c1-13(2)26-19-9-7-16(12-20(19)25-5)11-18-22(24)27-21(23-18)17-8-6-14(3)15(4)10-17/h6-13H,1-5H3/b18-11-. The second-order valence-corrected chi connectivity index (χ2v) is 6.71. The Morgan fingerprint density at radius 3 is 2.48 bits per heavy atom. The summed E-state index contributed by atoms with van der Waals surface area (Å²) in [5, 5.41) is 0. The van der Waals surface area contributed by atoms with Gasteiger partial charge in [-0.3, -0.25) is 0 Å². The molecule has 1 aliphatic rings. The van der Waals surface area contributed by atoms with Crippen LogP contribution < -0.4 is 9.47 Å². The predicted molar refractivity (Wildman–Crippen MR) is 105 cm³/mol. The van der Waals surface area contributed by atoms with Crippen molar-refractivity contribution in [2.45, 2.75) is 33.8 Å². The Balaban J connectivity index is 1.91. The average Bonchev–Trinajstić information content (AvgIpc) is 2.99. The minimum Gasteiger partial charge on any atom is -0.493 e. The monoisotopic (exact) mass is 365 g/mol. The molecule has 0 aliphatic carbocycles. The Morgan fingerprint density at radius 2 is 1.81 bits per heavy atom. The second kappa shape index (κ2) is 7.66. The molecule has 140 valence electrons. The summed E-state index contributed by atoms with van der Waals surface area (Å²) in [6.07, 6.45) is 1.72. The van der Waals surface area contributed by atoms with Gasteiger partial charge in [0.05, 0.1) is 13.2 Å². The molecule has 0 radical (unpaired) electrons. The summed E-state index contributed by atoms with van der Waals surface area (Å²) < 4.78 is 16.4. The highest BCUT2D eigenvalue weighted by Crippen LogP contribution is 2.30. The summed E-state index contributed by atoms with van der Waals surface area (Å²) in [5.74, 6) is 1.11. The quantitative estimate of drug-likeness (QED) is 0.580. The molecule has 0 N–H and O–H groups in total. The summed E-state index contributed by atoms with van der Waals surface area (Å²) >= 11 is 0. The van der Waals surface area contributed by atoms with Crippen molar-refractivity contribution in [3.05, 3.63) is 64.3 Å². The van der Waals surface area contributed by atoms with E-state index in [4.69, 9.17) is 14.2 Å². The van der Waals surface area contributed by atoms with Crippen LogP contribution in [0.5, 0.6) is 11.5 Å². The molecule has 0 amide bonds. The third-order valence-corrected chi connectivity index (χ3v) is 4.23. The Hall–Kier alpha value is -3.08. The van der Waals surface area contributed by atoms with Gasteiger partial charge in [-0.25, -0.2) is 9.79 Å². The first-order valence-electron chi connectivity index (χ1n) is 8.82. The van der Waals surface area contributed by atoms with Crippen LogP contribution in [0, 0.1) is 13.8 Å². The molecule has 5 nitrogen and oxygen atoms in total. The minimum atomic E-state index is -0.468. The zero-order chi connectivity index (χ0) is 19.6. The number of hydrogen-bond donors (Lipinski definition) is 0. The minimum absolute atomic E-state index is 0.0399. The number of esters is 1. The molecule has 3 rings (SSSR count). The van der Waals surface area contributed by atoms with Crippen molar-refractivity contribution >= 4 is 17.9 Å². The van der Waals surface area contributed by atoms with E-state index in [1.165, 1.54) is 5.56 Å². The van der Waals surface area contributed by atoms with E-state index < -0.39 is 5.97 Å². The maximum Gasteiger partial charge on any atom is 0.363 e. The predicted octanol–water partition coefficient (Wildman–Crippen LogP) is 4.44. The second-order valence-electron chi connectivity index (χ2n) is 6.71. The van der Waals surface area contributed by atoms with Crippen LogP contribution in [-0.2, 0) is 9.53 Å². The number of benzene rings is 2. The fourth-order valence-electron chi connectivity index (χ4n) is 2.69. The molecule has 0 atom stereocenters. The zero-order valence-electron chi connectivity index (χ0n) is 16.2. The van der Waals surface area contributed by atoms with E-state index in [0.717, 1.165) is 16.7 Å². The molecule has 0 fully saturated rings. The SMILES string of the molecule is COc1cc(/C=C2\N=C(c3ccc(C)c(C)c3)OC2=O)ccc1OC(C)C. The van der Waals surface area contributed by atoms with Crippen LogP contribution in [0.15, 0.2) is 47.1 Å². The molecular formula is C22H23NO4. The molecule has 27 heavy (non-hydrogen) atoms. The van der Waals surface area contributed by atoms with Crippen LogP contribution in [0.25, 0.3) is 6.08 Å². The summed E-state index contributed by atoms with van der Waals surface area (Å²) in [7, 11) is 1.58. The van der Waals surface area contributed by atoms with Gasteiger partial charge in [-0.05, 0) is 74.7 Å². The molecule has 1 aliphatic heterocycles. The van der Waals surface area contributed by atoms with Crippen LogP contribution in [0.4, 0.5) is 0 Å². The highest BCUT2D eigenvalue weighted by molar-refractivity contribution is 6.12. The van der Waals surface area contributed by atoms with Crippen molar-refractivity contribution in [2.24, 2.45) is 4.99 Å². The first-order chi connectivity index (χ1) is 12.9. The number of aryl methyl sites for hydroxylation is 2. The van der Waals surface area contributed by atoms with E-state index in [1.54, 1.807) is 13.2 Å². The molecule has 5 heteroatoms. The van der Waals surface area contributed by atoms with Gasteiger partial charge in [-0.15, -0.1) is 0 Å². The van der Waals surface area contributed by atoms with Crippen molar-refractivity contribution in [2.75, 3.05) is 7.11 Å². The lowest BCUT2D eigenvalue weighted by Gasteiger charge is -2.13. The Bertz CT molecular complexity index is 941. The van der Waals surface area contributed by atoms with Crippen LogP contribution in [-0.4, -0.2) is 25.1 Å². The molecule has 0 saturated carbocycles. The van der Waals surface area contributed by atoms with E-state index in [-0.39, 0.29) is 11.8 Å². The summed E-state index contributed by atoms with van der Waals surface area (Å²) in [6.45, 7) is 7.95. The molecule has 0 spiro atoms. The molecule has 2 aromatic rings. The van der Waals surface area contributed by atoms with Crippen molar-refractivity contribution in [1.82, 2.24) is 0 Å². The average molecular weight is 365 g/mol. The lowest BCUT2D eigenvalue weighted by molar-refractivity contribution is -0.129. The number of cyclic esters (lactones) is 1. The first kappa shape index (κ1) is 18.7. The fraction of sp³-hybridized carbons (Fsp3) is 0.273. The zero-order valence-corrected chi connectivity index (χ0v) is 16.2. The lowest BCUT2D eigenvalue weighted by Crippen LogP contribution is -2.06. The van der Waals surface area contributed by atoms with Gasteiger partial charge in [0.15, 0.2) is 17.2 Å². The van der Waals surface area contributed by atoms with E-state index in [9.17, 15) is 4.79 Å². The molecular weight excluding hydrogens is 342 g/mol. The molecule has 1 heterocycles. The van der Waals surface area contributed by atoms with Gasteiger partial charge in [0.1, 0.15) is 0 Å². The van der Waals surface area contributed by atoms with Gasteiger partial charge >= 0.3 is 5.97 Å². The largest absolute Gasteiger partial charge is 0.493 e. The van der Waals surface area contributed by atoms with Gasteiger partial charge in [-0.1, -0.05) is 12.1 Å². The molecule has 2 aromatic carbocycles. The van der Waals surface area contributed by atoms with Gasteiger partial charge in [0, 0.05) is 5.56 Å². The maximum absolute atomic E-state index is 12.2. The summed E-state index contributed by atoms with van der Waals surface area (Å²) in [5.41, 5.74) is 4.11. The highest BCUT2D eigenvalue weighted by atomic mass is 16.6.